The number of carbonyl (C=O) groups excluding carboxylic acids is 1. The summed E-state index contributed by atoms with van der Waals surface area (Å²) in [5.41, 5.74) is 3.44. The standard InChI is InChI=1S/C26H29N3O4S/c1-19-6-9-22(10-7-19)28-34(31,32)25-18-20(8-15-24(25)33-2)26(30)27-21-11-13-23(14-12-21)29-16-4-3-5-17-29/h6-15,18,28H,3-5,16-17H2,1-2H3,(H,27,30). The van der Waals surface area contributed by atoms with Crippen LogP contribution in [-0.2, 0) is 10.0 Å². The first-order valence-corrected chi connectivity index (χ1v) is 12.8. The molecule has 1 fully saturated rings. The van der Waals surface area contributed by atoms with Gasteiger partial charge in [-0.1, -0.05) is 17.7 Å². The molecular formula is C26H29N3O4S. The molecule has 4 rings (SSSR count). The second-order valence-electron chi connectivity index (χ2n) is 8.39. The lowest BCUT2D eigenvalue weighted by atomic mass is 10.1. The number of sulfonamides is 1. The number of hydrogen-bond donors (Lipinski definition) is 2. The second kappa shape index (κ2) is 10.2. The zero-order chi connectivity index (χ0) is 24.1. The first kappa shape index (κ1) is 23.6. The van der Waals surface area contributed by atoms with E-state index in [-0.39, 0.29) is 16.2 Å². The van der Waals surface area contributed by atoms with Gasteiger partial charge in [0.15, 0.2) is 0 Å². The van der Waals surface area contributed by atoms with E-state index in [0.717, 1.165) is 24.3 Å². The minimum Gasteiger partial charge on any atom is -0.495 e. The summed E-state index contributed by atoms with van der Waals surface area (Å²) in [6, 6.07) is 19.1. The van der Waals surface area contributed by atoms with Crippen LogP contribution in [0.3, 0.4) is 0 Å². The fourth-order valence-corrected chi connectivity index (χ4v) is 5.23. The Balaban J connectivity index is 1.52. The average molecular weight is 480 g/mol. The lowest BCUT2D eigenvalue weighted by Gasteiger charge is -2.28. The second-order valence-corrected chi connectivity index (χ2v) is 10.0. The molecule has 1 heterocycles. The Bertz CT molecular complexity index is 1250. The van der Waals surface area contributed by atoms with Crippen LogP contribution in [0.4, 0.5) is 17.1 Å². The van der Waals surface area contributed by atoms with E-state index < -0.39 is 15.9 Å². The first-order chi connectivity index (χ1) is 16.4. The molecule has 2 N–H and O–H groups in total. The summed E-state index contributed by atoms with van der Waals surface area (Å²) in [6.45, 7) is 4.02. The molecule has 1 saturated heterocycles. The summed E-state index contributed by atoms with van der Waals surface area (Å²) in [5.74, 6) is -0.248. The van der Waals surface area contributed by atoms with Gasteiger partial charge >= 0.3 is 0 Å². The molecule has 7 nitrogen and oxygen atoms in total. The maximum absolute atomic E-state index is 13.1. The van der Waals surface area contributed by atoms with Crippen LogP contribution in [-0.4, -0.2) is 34.5 Å². The van der Waals surface area contributed by atoms with Gasteiger partial charge in [0.1, 0.15) is 10.6 Å². The van der Waals surface area contributed by atoms with Gasteiger partial charge in [-0.2, -0.15) is 0 Å². The molecule has 178 valence electrons. The third kappa shape index (κ3) is 5.51. The Morgan fingerprint density at radius 2 is 1.53 bits per heavy atom. The van der Waals surface area contributed by atoms with Crippen molar-refractivity contribution < 1.29 is 17.9 Å². The molecule has 0 saturated carbocycles. The highest BCUT2D eigenvalue weighted by Crippen LogP contribution is 2.28. The van der Waals surface area contributed by atoms with Crippen LogP contribution in [0.1, 0.15) is 35.2 Å². The Morgan fingerprint density at radius 1 is 0.882 bits per heavy atom. The average Bonchev–Trinajstić information content (AvgIpc) is 2.86. The number of hydrogen-bond acceptors (Lipinski definition) is 5. The molecule has 34 heavy (non-hydrogen) atoms. The number of benzene rings is 3. The molecule has 1 aliphatic heterocycles. The van der Waals surface area contributed by atoms with E-state index >= 15 is 0 Å². The van der Waals surface area contributed by atoms with Crippen molar-refractivity contribution in [3.63, 3.8) is 0 Å². The third-order valence-electron chi connectivity index (χ3n) is 5.87. The van der Waals surface area contributed by atoms with Crippen LogP contribution in [0, 0.1) is 6.92 Å². The van der Waals surface area contributed by atoms with Crippen LogP contribution in [0.25, 0.3) is 0 Å². The predicted molar refractivity (Wildman–Crippen MR) is 135 cm³/mol. The summed E-state index contributed by atoms with van der Waals surface area (Å²) in [7, 11) is -2.58. The summed E-state index contributed by atoms with van der Waals surface area (Å²) in [6.07, 6.45) is 3.66. The van der Waals surface area contributed by atoms with Crippen molar-refractivity contribution in [2.24, 2.45) is 0 Å². The van der Waals surface area contributed by atoms with Gasteiger partial charge in [0.25, 0.3) is 15.9 Å². The van der Waals surface area contributed by atoms with Crippen molar-refractivity contribution in [1.29, 1.82) is 0 Å². The number of ether oxygens (including phenoxy) is 1. The van der Waals surface area contributed by atoms with Crippen LogP contribution >= 0.6 is 0 Å². The van der Waals surface area contributed by atoms with Crippen molar-refractivity contribution in [1.82, 2.24) is 0 Å². The normalized spacial score (nSPS) is 13.9. The van der Waals surface area contributed by atoms with Gasteiger partial charge in [-0.05, 0) is 80.8 Å². The number of piperidine rings is 1. The summed E-state index contributed by atoms with van der Waals surface area (Å²) in [5, 5.41) is 2.85. The van der Waals surface area contributed by atoms with Crippen molar-refractivity contribution in [3.8, 4) is 5.75 Å². The van der Waals surface area contributed by atoms with Crippen LogP contribution in [0.2, 0.25) is 0 Å². The number of methoxy groups -OCH3 is 1. The molecule has 0 atom stereocenters. The highest BCUT2D eigenvalue weighted by atomic mass is 32.2. The predicted octanol–water partition coefficient (Wildman–Crippen LogP) is 5.05. The van der Waals surface area contributed by atoms with E-state index in [1.165, 1.54) is 38.5 Å². The highest BCUT2D eigenvalue weighted by Gasteiger charge is 2.22. The largest absolute Gasteiger partial charge is 0.495 e. The Kier molecular flexibility index (Phi) is 7.07. The summed E-state index contributed by atoms with van der Waals surface area (Å²) < 4.78 is 33.9. The minimum atomic E-state index is -3.98. The van der Waals surface area contributed by atoms with Gasteiger partial charge in [0.2, 0.25) is 0 Å². The molecule has 3 aromatic rings. The smallest absolute Gasteiger partial charge is 0.265 e. The SMILES string of the molecule is COc1ccc(C(=O)Nc2ccc(N3CCCCC3)cc2)cc1S(=O)(=O)Nc1ccc(C)cc1. The van der Waals surface area contributed by atoms with Crippen LogP contribution < -0.4 is 19.7 Å². The van der Waals surface area contributed by atoms with E-state index in [1.54, 1.807) is 18.2 Å². The van der Waals surface area contributed by atoms with Crippen LogP contribution in [0.15, 0.2) is 71.6 Å². The van der Waals surface area contributed by atoms with Crippen molar-refractivity contribution >= 4 is 33.0 Å². The zero-order valence-corrected chi connectivity index (χ0v) is 20.2. The molecule has 3 aromatic carbocycles. The molecule has 1 aliphatic rings. The van der Waals surface area contributed by atoms with Gasteiger partial charge in [-0.15, -0.1) is 0 Å². The number of aryl methyl sites for hydroxylation is 1. The molecule has 0 radical (unpaired) electrons. The molecule has 8 heteroatoms. The highest BCUT2D eigenvalue weighted by molar-refractivity contribution is 7.92. The summed E-state index contributed by atoms with van der Waals surface area (Å²) >= 11 is 0. The lowest BCUT2D eigenvalue weighted by Crippen LogP contribution is -2.29. The monoisotopic (exact) mass is 479 g/mol. The quantitative estimate of drug-likeness (QED) is 0.495. The molecule has 0 aliphatic carbocycles. The topological polar surface area (TPSA) is 87.7 Å². The Morgan fingerprint density at radius 3 is 2.18 bits per heavy atom. The lowest BCUT2D eigenvalue weighted by molar-refractivity contribution is 0.102. The molecule has 1 amide bonds. The van der Waals surface area contributed by atoms with Gasteiger partial charge in [0, 0.05) is 35.7 Å². The van der Waals surface area contributed by atoms with E-state index in [1.807, 2.05) is 43.3 Å². The Hall–Kier alpha value is -3.52. The molecule has 0 aromatic heterocycles. The number of carbonyl (C=O) groups is 1. The van der Waals surface area contributed by atoms with Crippen LogP contribution in [0.5, 0.6) is 5.75 Å². The number of nitrogens with zero attached hydrogens (tertiary/aromatic N) is 1. The number of nitrogens with one attached hydrogen (secondary N) is 2. The van der Waals surface area contributed by atoms with E-state index in [9.17, 15) is 13.2 Å². The number of anilines is 3. The van der Waals surface area contributed by atoms with Gasteiger partial charge in [-0.25, -0.2) is 8.42 Å². The zero-order valence-electron chi connectivity index (χ0n) is 19.4. The van der Waals surface area contributed by atoms with E-state index in [0.29, 0.717) is 11.4 Å². The number of amides is 1. The van der Waals surface area contributed by atoms with E-state index in [4.69, 9.17) is 4.74 Å². The fourth-order valence-electron chi connectivity index (χ4n) is 3.97. The minimum absolute atomic E-state index is 0.108. The van der Waals surface area contributed by atoms with Crippen molar-refractivity contribution in [2.75, 3.05) is 35.1 Å². The maximum Gasteiger partial charge on any atom is 0.265 e. The molecule has 0 unspecified atom stereocenters. The van der Waals surface area contributed by atoms with Crippen molar-refractivity contribution in [3.05, 3.63) is 77.9 Å². The molecule has 0 bridgehead atoms. The van der Waals surface area contributed by atoms with E-state index in [2.05, 4.69) is 14.9 Å². The number of rotatable bonds is 7. The summed E-state index contributed by atoms with van der Waals surface area (Å²) in [4.78, 5) is 15.1. The van der Waals surface area contributed by atoms with Gasteiger partial charge in [0.05, 0.1) is 7.11 Å². The van der Waals surface area contributed by atoms with Gasteiger partial charge < -0.3 is 15.0 Å². The fraction of sp³-hybridized carbons (Fsp3) is 0.269. The van der Waals surface area contributed by atoms with Crippen molar-refractivity contribution in [2.45, 2.75) is 31.1 Å². The Labute approximate surface area is 200 Å². The van der Waals surface area contributed by atoms with Gasteiger partial charge in [-0.3, -0.25) is 9.52 Å². The molecule has 0 spiro atoms. The maximum atomic E-state index is 13.1. The molecular weight excluding hydrogens is 450 g/mol. The first-order valence-electron chi connectivity index (χ1n) is 11.3. The third-order valence-corrected chi connectivity index (χ3v) is 7.27.